The monoisotopic (exact) mass is 311 g/mol. The number of nitrogens with zero attached hydrogens (tertiary/aromatic N) is 3. The Morgan fingerprint density at radius 3 is 2.23 bits per heavy atom. The normalized spacial score (nSPS) is 17.0. The molecule has 5 heteroatoms. The van der Waals surface area contributed by atoms with Gasteiger partial charge in [-0.15, -0.1) is 0 Å². The van der Waals surface area contributed by atoms with Gasteiger partial charge in [0.05, 0.1) is 10.5 Å². The number of rotatable bonds is 3. The molecule has 1 saturated heterocycles. The summed E-state index contributed by atoms with van der Waals surface area (Å²) in [5.74, 6) is 0. The number of para-hydroxylation sites is 1. The van der Waals surface area contributed by atoms with Gasteiger partial charge in [-0.3, -0.25) is 0 Å². The van der Waals surface area contributed by atoms with Gasteiger partial charge in [0.1, 0.15) is 17.1 Å². The van der Waals surface area contributed by atoms with Crippen molar-refractivity contribution in [3.05, 3.63) is 60.2 Å². The van der Waals surface area contributed by atoms with E-state index in [0.717, 1.165) is 26.2 Å². The number of piperazine rings is 1. The van der Waals surface area contributed by atoms with E-state index in [-0.39, 0.29) is 0 Å². The van der Waals surface area contributed by atoms with Crippen molar-refractivity contribution >= 4 is 16.7 Å². The fourth-order valence-electron chi connectivity index (χ4n) is 2.60. The lowest BCUT2D eigenvalue weighted by molar-refractivity contribution is 0.410. The quantitative estimate of drug-likeness (QED) is 0.874. The van der Waals surface area contributed by atoms with Crippen molar-refractivity contribution in [3.63, 3.8) is 0 Å². The molecule has 0 aliphatic carbocycles. The lowest BCUT2D eigenvalue weighted by Gasteiger charge is -2.35. The van der Waals surface area contributed by atoms with Crippen LogP contribution in [-0.2, 0) is 11.0 Å². The Morgan fingerprint density at radius 1 is 0.909 bits per heavy atom. The topological polar surface area (TPSA) is 47.3 Å². The molecular formula is C17H17N3OS. The van der Waals surface area contributed by atoms with Crippen LogP contribution in [0.25, 0.3) is 0 Å². The molecule has 0 spiro atoms. The van der Waals surface area contributed by atoms with Gasteiger partial charge in [0, 0.05) is 31.9 Å². The largest absolute Gasteiger partial charge is 0.369 e. The Morgan fingerprint density at radius 2 is 1.55 bits per heavy atom. The second kappa shape index (κ2) is 6.73. The van der Waals surface area contributed by atoms with Crippen molar-refractivity contribution in [2.75, 3.05) is 31.1 Å². The van der Waals surface area contributed by atoms with Crippen molar-refractivity contribution in [1.82, 2.24) is 4.31 Å². The zero-order valence-electron chi connectivity index (χ0n) is 12.2. The standard InChI is InChI=1S/C17H17N3OS/c18-14-15-6-4-5-9-17(15)22(21)20-12-10-19(11-13-20)16-7-2-1-3-8-16/h1-9H,10-13H2. The van der Waals surface area contributed by atoms with E-state index in [1.165, 1.54) is 5.69 Å². The number of hydrogen-bond donors (Lipinski definition) is 0. The average Bonchev–Trinajstić information content (AvgIpc) is 2.62. The summed E-state index contributed by atoms with van der Waals surface area (Å²) >= 11 is 0. The van der Waals surface area contributed by atoms with Crippen LogP contribution < -0.4 is 4.90 Å². The summed E-state index contributed by atoms with van der Waals surface area (Å²) in [4.78, 5) is 2.90. The Bertz CT molecular complexity index is 703. The van der Waals surface area contributed by atoms with E-state index in [4.69, 9.17) is 5.26 Å². The highest BCUT2D eigenvalue weighted by Crippen LogP contribution is 2.20. The van der Waals surface area contributed by atoms with Crippen molar-refractivity contribution in [2.45, 2.75) is 4.90 Å². The minimum absolute atomic E-state index is 0.492. The molecule has 4 nitrogen and oxygen atoms in total. The maximum absolute atomic E-state index is 12.7. The van der Waals surface area contributed by atoms with Crippen LogP contribution in [0, 0.1) is 11.3 Å². The highest BCUT2D eigenvalue weighted by atomic mass is 32.2. The van der Waals surface area contributed by atoms with Crippen LogP contribution in [0.4, 0.5) is 5.69 Å². The summed E-state index contributed by atoms with van der Waals surface area (Å²) in [7, 11) is -1.27. The average molecular weight is 311 g/mol. The number of benzene rings is 2. The van der Waals surface area contributed by atoms with Crippen LogP contribution in [0.15, 0.2) is 59.5 Å². The Balaban J connectivity index is 1.69. The summed E-state index contributed by atoms with van der Waals surface area (Å²) < 4.78 is 14.6. The van der Waals surface area contributed by atoms with Crippen LogP contribution in [0.2, 0.25) is 0 Å². The van der Waals surface area contributed by atoms with Crippen LogP contribution in [0.1, 0.15) is 5.56 Å². The smallest absolute Gasteiger partial charge is 0.129 e. The molecule has 0 aromatic heterocycles. The van der Waals surface area contributed by atoms with Gasteiger partial charge < -0.3 is 4.90 Å². The summed E-state index contributed by atoms with van der Waals surface area (Å²) in [5.41, 5.74) is 1.69. The molecule has 1 fully saturated rings. The molecule has 22 heavy (non-hydrogen) atoms. The van der Waals surface area contributed by atoms with Crippen molar-refractivity contribution in [2.24, 2.45) is 0 Å². The summed E-state index contributed by atoms with van der Waals surface area (Å²) in [6.45, 7) is 3.12. The van der Waals surface area contributed by atoms with Crippen molar-refractivity contribution in [3.8, 4) is 6.07 Å². The third kappa shape index (κ3) is 3.03. The van der Waals surface area contributed by atoms with E-state index in [9.17, 15) is 4.21 Å². The van der Waals surface area contributed by atoms with E-state index in [1.807, 2.05) is 28.6 Å². The summed E-state index contributed by atoms with van der Waals surface area (Å²) in [6, 6.07) is 19.5. The third-order valence-corrected chi connectivity index (χ3v) is 5.36. The lowest BCUT2D eigenvalue weighted by Crippen LogP contribution is -2.47. The predicted molar refractivity (Wildman–Crippen MR) is 87.8 cm³/mol. The SMILES string of the molecule is N#Cc1ccccc1S(=O)N1CCN(c2ccccc2)CC1. The maximum atomic E-state index is 12.7. The number of anilines is 1. The highest BCUT2D eigenvalue weighted by Gasteiger charge is 2.23. The zero-order valence-corrected chi connectivity index (χ0v) is 13.0. The van der Waals surface area contributed by atoms with Gasteiger partial charge in [-0.25, -0.2) is 8.51 Å². The number of nitriles is 1. The zero-order chi connectivity index (χ0) is 15.4. The van der Waals surface area contributed by atoms with Crippen LogP contribution >= 0.6 is 0 Å². The molecule has 0 amide bonds. The minimum atomic E-state index is -1.27. The van der Waals surface area contributed by atoms with Gasteiger partial charge in [0.25, 0.3) is 0 Å². The molecule has 1 unspecified atom stereocenters. The summed E-state index contributed by atoms with van der Waals surface area (Å²) in [6.07, 6.45) is 0. The van der Waals surface area contributed by atoms with Crippen LogP contribution in [0.3, 0.4) is 0 Å². The fraction of sp³-hybridized carbons (Fsp3) is 0.235. The first-order chi connectivity index (χ1) is 10.8. The van der Waals surface area contributed by atoms with Crippen molar-refractivity contribution < 1.29 is 4.21 Å². The van der Waals surface area contributed by atoms with Crippen molar-refractivity contribution in [1.29, 1.82) is 5.26 Å². The molecule has 2 aromatic carbocycles. The van der Waals surface area contributed by atoms with Gasteiger partial charge in [-0.1, -0.05) is 30.3 Å². The molecule has 1 aliphatic heterocycles. The molecule has 0 saturated carbocycles. The summed E-state index contributed by atoms with van der Waals surface area (Å²) in [5, 5.41) is 9.15. The van der Waals surface area contributed by atoms with Crippen LogP contribution in [-0.4, -0.2) is 34.7 Å². The van der Waals surface area contributed by atoms with E-state index in [0.29, 0.717) is 10.5 Å². The molecule has 1 aliphatic rings. The van der Waals surface area contributed by atoms with Gasteiger partial charge in [0.15, 0.2) is 0 Å². The highest BCUT2D eigenvalue weighted by molar-refractivity contribution is 7.82. The maximum Gasteiger partial charge on any atom is 0.129 e. The number of hydrogen-bond acceptors (Lipinski definition) is 3. The third-order valence-electron chi connectivity index (χ3n) is 3.79. The van der Waals surface area contributed by atoms with E-state index >= 15 is 0 Å². The molecule has 112 valence electrons. The van der Waals surface area contributed by atoms with Crippen LogP contribution in [0.5, 0.6) is 0 Å². The molecule has 3 rings (SSSR count). The molecule has 2 aromatic rings. The molecule has 1 atom stereocenters. The Hall–Kier alpha value is -2.16. The molecule has 0 N–H and O–H groups in total. The van der Waals surface area contributed by atoms with Gasteiger partial charge in [0.2, 0.25) is 0 Å². The lowest BCUT2D eigenvalue weighted by atomic mass is 10.2. The second-order valence-corrected chi connectivity index (χ2v) is 6.56. The first kappa shape index (κ1) is 14.8. The molecule has 0 bridgehead atoms. The van der Waals surface area contributed by atoms with Gasteiger partial charge in [-0.05, 0) is 24.3 Å². The first-order valence-electron chi connectivity index (χ1n) is 7.25. The van der Waals surface area contributed by atoms with E-state index in [2.05, 4.69) is 23.1 Å². The molecular weight excluding hydrogens is 294 g/mol. The molecule has 0 radical (unpaired) electrons. The molecule has 1 heterocycles. The van der Waals surface area contributed by atoms with E-state index < -0.39 is 11.0 Å². The van der Waals surface area contributed by atoms with Gasteiger partial charge >= 0.3 is 0 Å². The minimum Gasteiger partial charge on any atom is -0.369 e. The van der Waals surface area contributed by atoms with Gasteiger partial charge in [-0.2, -0.15) is 5.26 Å². The predicted octanol–water partition coefficient (Wildman–Crippen LogP) is 2.40. The van der Waals surface area contributed by atoms with E-state index in [1.54, 1.807) is 18.2 Å². The Kier molecular flexibility index (Phi) is 4.52. The fourth-order valence-corrected chi connectivity index (χ4v) is 3.87. The second-order valence-electron chi connectivity index (χ2n) is 5.11. The first-order valence-corrected chi connectivity index (χ1v) is 8.36. The Labute approximate surface area is 133 Å².